The summed E-state index contributed by atoms with van der Waals surface area (Å²) in [5.74, 6) is 0. The Morgan fingerprint density at radius 1 is 1.40 bits per heavy atom. The van der Waals surface area contributed by atoms with Crippen LogP contribution in [0.3, 0.4) is 0 Å². The molecular weight excluding hydrogens is 162 g/mol. The zero-order valence-corrected chi connectivity index (χ0v) is 7.63. The van der Waals surface area contributed by atoms with E-state index in [1.54, 1.807) is 11.3 Å². The number of rotatable bonds is 0. The molecule has 2 aromatic heterocycles. The highest BCUT2D eigenvalue weighted by molar-refractivity contribution is 7.19. The molecule has 3 heteroatoms. The molecule has 1 nitrogen and oxygen atoms in total. The van der Waals surface area contributed by atoms with E-state index in [2.05, 4.69) is 21.2 Å². The van der Waals surface area contributed by atoms with Gasteiger partial charge < -0.3 is 0 Å². The predicted octanol–water partition coefficient (Wildman–Crippen LogP) is 3.38. The van der Waals surface area contributed by atoms with Crippen molar-refractivity contribution in [3.05, 3.63) is 16.8 Å². The number of nitrogens with zero attached hydrogens (tertiary/aromatic N) is 1. The number of aromatic nitrogens is 1. The van der Waals surface area contributed by atoms with Crippen LogP contribution in [0.15, 0.2) is 16.8 Å². The number of fused-ring (bicyclic) bond motifs is 1. The van der Waals surface area contributed by atoms with Crippen LogP contribution in [0.25, 0.3) is 10.2 Å². The first-order chi connectivity index (χ1) is 4.97. The van der Waals surface area contributed by atoms with Crippen LogP contribution < -0.4 is 0 Å². The lowest BCUT2D eigenvalue weighted by atomic mass is 10.5. The highest BCUT2D eigenvalue weighted by atomic mass is 32.1. The van der Waals surface area contributed by atoms with Crippen molar-refractivity contribution in [1.82, 2.24) is 4.37 Å². The summed E-state index contributed by atoms with van der Waals surface area (Å²) in [7, 11) is 0. The van der Waals surface area contributed by atoms with Gasteiger partial charge in [-0.05, 0) is 23.0 Å². The van der Waals surface area contributed by atoms with Crippen LogP contribution in [0.4, 0.5) is 0 Å². The van der Waals surface area contributed by atoms with Crippen LogP contribution in [-0.2, 0) is 0 Å². The van der Waals surface area contributed by atoms with Gasteiger partial charge in [0.15, 0.2) is 0 Å². The van der Waals surface area contributed by atoms with E-state index in [4.69, 9.17) is 0 Å². The average Bonchev–Trinajstić information content (AvgIpc) is 2.49. The van der Waals surface area contributed by atoms with Crippen molar-refractivity contribution >= 4 is 33.1 Å². The van der Waals surface area contributed by atoms with Gasteiger partial charge in [0.05, 0.1) is 0 Å². The first-order valence-corrected chi connectivity index (χ1v) is 4.96. The summed E-state index contributed by atoms with van der Waals surface area (Å²) in [5, 5.41) is 5.40. The van der Waals surface area contributed by atoms with Crippen LogP contribution in [0.5, 0.6) is 0 Å². The summed E-state index contributed by atoms with van der Waals surface area (Å²) in [6.45, 7) is 4.00. The summed E-state index contributed by atoms with van der Waals surface area (Å²) in [5.41, 5.74) is 0. The molecule has 54 valence electrons. The van der Waals surface area contributed by atoms with Gasteiger partial charge in [-0.2, -0.15) is 4.37 Å². The number of thiophene rings is 1. The zero-order chi connectivity index (χ0) is 7.40. The molecule has 0 saturated carbocycles. The van der Waals surface area contributed by atoms with Gasteiger partial charge in [0.1, 0.15) is 4.83 Å². The third kappa shape index (κ3) is 1.36. The Morgan fingerprint density at radius 2 is 2.20 bits per heavy atom. The lowest BCUT2D eigenvalue weighted by Crippen LogP contribution is -1.43. The lowest BCUT2D eigenvalue weighted by molar-refractivity contribution is 1.50. The van der Waals surface area contributed by atoms with Crippen molar-refractivity contribution in [2.24, 2.45) is 0 Å². The summed E-state index contributed by atoms with van der Waals surface area (Å²) >= 11 is 3.21. The van der Waals surface area contributed by atoms with Crippen molar-refractivity contribution in [3.63, 3.8) is 0 Å². The molecule has 0 aliphatic heterocycles. The Labute approximate surface area is 68.5 Å². The van der Waals surface area contributed by atoms with Crippen LogP contribution in [-0.4, -0.2) is 4.37 Å². The van der Waals surface area contributed by atoms with Gasteiger partial charge in [-0.15, -0.1) is 11.3 Å². The van der Waals surface area contributed by atoms with E-state index in [0.29, 0.717) is 0 Å². The fraction of sp³-hybridized carbons (Fsp3) is 0.286. The standard InChI is InChI=1S/C5H3NS2.C2H6/c1-2-7-5-4(1)3-8-6-5;1-2/h1-3H;1-2H3. The van der Waals surface area contributed by atoms with Gasteiger partial charge in [-0.25, -0.2) is 0 Å². The molecule has 2 rings (SSSR count). The van der Waals surface area contributed by atoms with Crippen molar-refractivity contribution in [1.29, 1.82) is 0 Å². The first-order valence-electron chi connectivity index (χ1n) is 3.24. The molecule has 0 unspecified atom stereocenters. The minimum absolute atomic E-state index is 1.16. The van der Waals surface area contributed by atoms with Gasteiger partial charge >= 0.3 is 0 Å². The summed E-state index contributed by atoms with van der Waals surface area (Å²) in [6, 6.07) is 2.09. The van der Waals surface area contributed by atoms with Crippen molar-refractivity contribution in [3.8, 4) is 0 Å². The summed E-state index contributed by atoms with van der Waals surface area (Å²) in [6.07, 6.45) is 0. The smallest absolute Gasteiger partial charge is 0.137 e. The second-order valence-electron chi connectivity index (χ2n) is 1.50. The fourth-order valence-corrected chi connectivity index (χ4v) is 2.15. The Bertz CT molecular complexity index is 233. The molecule has 2 aromatic rings. The SMILES string of the molecule is CC.c1cc2csnc2s1. The van der Waals surface area contributed by atoms with Gasteiger partial charge in [0.25, 0.3) is 0 Å². The summed E-state index contributed by atoms with van der Waals surface area (Å²) in [4.78, 5) is 1.16. The van der Waals surface area contributed by atoms with Gasteiger partial charge in [0.2, 0.25) is 0 Å². The average molecular weight is 171 g/mol. The fourth-order valence-electron chi connectivity index (χ4n) is 0.606. The molecule has 0 aromatic carbocycles. The Kier molecular flexibility index (Phi) is 2.83. The molecule has 0 radical (unpaired) electrons. The summed E-state index contributed by atoms with van der Waals surface area (Å²) < 4.78 is 4.14. The minimum Gasteiger partial charge on any atom is -0.182 e. The van der Waals surface area contributed by atoms with Crippen LogP contribution >= 0.6 is 22.9 Å². The van der Waals surface area contributed by atoms with E-state index in [-0.39, 0.29) is 0 Å². The maximum Gasteiger partial charge on any atom is 0.137 e. The van der Waals surface area contributed by atoms with E-state index in [1.807, 2.05) is 13.8 Å². The van der Waals surface area contributed by atoms with Gasteiger partial charge in [-0.1, -0.05) is 13.8 Å². The maximum absolute atomic E-state index is 4.14. The molecule has 0 N–H and O–H groups in total. The van der Waals surface area contributed by atoms with E-state index < -0.39 is 0 Å². The normalized spacial score (nSPS) is 9.00. The molecule has 0 saturated heterocycles. The monoisotopic (exact) mass is 171 g/mol. The molecule has 0 aliphatic carbocycles. The van der Waals surface area contributed by atoms with E-state index in [9.17, 15) is 0 Å². The lowest BCUT2D eigenvalue weighted by Gasteiger charge is -1.61. The number of hydrogen-bond acceptors (Lipinski definition) is 3. The molecule has 2 heterocycles. The van der Waals surface area contributed by atoms with Crippen LogP contribution in [0.2, 0.25) is 0 Å². The molecular formula is C7H9NS2. The topological polar surface area (TPSA) is 12.9 Å². The second-order valence-corrected chi connectivity index (χ2v) is 3.02. The van der Waals surface area contributed by atoms with Gasteiger partial charge in [0, 0.05) is 10.8 Å². The van der Waals surface area contributed by atoms with E-state index in [1.165, 1.54) is 16.9 Å². The van der Waals surface area contributed by atoms with Crippen molar-refractivity contribution in [2.45, 2.75) is 13.8 Å². The van der Waals surface area contributed by atoms with Crippen LogP contribution in [0, 0.1) is 0 Å². The molecule has 0 fully saturated rings. The largest absolute Gasteiger partial charge is 0.182 e. The number of hydrogen-bond donors (Lipinski definition) is 0. The molecule has 0 amide bonds. The molecule has 0 aliphatic rings. The Balaban J connectivity index is 0.000000231. The quantitative estimate of drug-likeness (QED) is 0.592. The van der Waals surface area contributed by atoms with E-state index >= 15 is 0 Å². The molecule has 0 atom stereocenters. The van der Waals surface area contributed by atoms with Gasteiger partial charge in [-0.3, -0.25) is 0 Å². The first kappa shape index (κ1) is 7.69. The second kappa shape index (κ2) is 3.68. The maximum atomic E-state index is 4.14. The van der Waals surface area contributed by atoms with Crippen molar-refractivity contribution in [2.75, 3.05) is 0 Å². The third-order valence-corrected chi connectivity index (χ3v) is 2.57. The zero-order valence-electron chi connectivity index (χ0n) is 6.00. The highest BCUT2D eigenvalue weighted by Crippen LogP contribution is 2.19. The van der Waals surface area contributed by atoms with E-state index in [0.717, 1.165) is 4.83 Å². The van der Waals surface area contributed by atoms with Crippen molar-refractivity contribution < 1.29 is 0 Å². The third-order valence-electron chi connectivity index (χ3n) is 0.990. The minimum atomic E-state index is 1.16. The van der Waals surface area contributed by atoms with Crippen LogP contribution in [0.1, 0.15) is 13.8 Å². The molecule has 0 bridgehead atoms. The molecule has 10 heavy (non-hydrogen) atoms. The Morgan fingerprint density at radius 3 is 2.90 bits per heavy atom. The molecule has 0 spiro atoms. The highest BCUT2D eigenvalue weighted by Gasteiger charge is 1.92. The Hall–Kier alpha value is -0.410. The predicted molar refractivity (Wildman–Crippen MR) is 48.8 cm³/mol.